The summed E-state index contributed by atoms with van der Waals surface area (Å²) in [5.74, 6) is 0. The van der Waals surface area contributed by atoms with E-state index in [2.05, 4.69) is 19.1 Å². The van der Waals surface area contributed by atoms with Gasteiger partial charge in [-0.25, -0.2) is 0 Å². The quantitative estimate of drug-likeness (QED) is 0.779. The minimum atomic E-state index is -0.504. The lowest BCUT2D eigenvalue weighted by atomic mass is 10.0. The van der Waals surface area contributed by atoms with Crippen molar-refractivity contribution in [1.82, 2.24) is 0 Å². The van der Waals surface area contributed by atoms with Gasteiger partial charge in [0.15, 0.2) is 0 Å². The Hall–Kier alpha value is -0.860. The van der Waals surface area contributed by atoms with Crippen LogP contribution in [-0.4, -0.2) is 18.8 Å². The molecule has 0 bridgehead atoms. The van der Waals surface area contributed by atoms with Gasteiger partial charge in [-0.1, -0.05) is 37.6 Å². The number of hydrogen-bond donors (Lipinski definition) is 1. The van der Waals surface area contributed by atoms with Crippen molar-refractivity contribution in [2.45, 2.75) is 25.9 Å². The van der Waals surface area contributed by atoms with Crippen molar-refractivity contribution >= 4 is 0 Å². The first-order valence-corrected chi connectivity index (χ1v) is 5.03. The van der Waals surface area contributed by atoms with Crippen LogP contribution in [0.4, 0.5) is 0 Å². The number of aliphatic hydroxyl groups excluding tert-OH is 1. The summed E-state index contributed by atoms with van der Waals surface area (Å²) in [6, 6.07) is 8.07. The van der Waals surface area contributed by atoms with Crippen LogP contribution in [0.1, 0.15) is 30.6 Å². The Morgan fingerprint density at radius 2 is 1.93 bits per heavy atom. The van der Waals surface area contributed by atoms with Crippen LogP contribution >= 0.6 is 0 Å². The summed E-state index contributed by atoms with van der Waals surface area (Å²) in [7, 11) is 1.59. The zero-order valence-corrected chi connectivity index (χ0v) is 8.86. The van der Waals surface area contributed by atoms with Gasteiger partial charge in [-0.15, -0.1) is 0 Å². The molecular formula is C12H18O2. The van der Waals surface area contributed by atoms with Crippen molar-refractivity contribution in [3.05, 3.63) is 35.4 Å². The molecule has 0 aliphatic carbocycles. The zero-order chi connectivity index (χ0) is 10.4. The third-order valence-corrected chi connectivity index (χ3v) is 2.23. The number of benzene rings is 1. The molecule has 1 unspecified atom stereocenters. The minimum Gasteiger partial charge on any atom is -0.386 e. The molecule has 0 aromatic heterocycles. The average molecular weight is 194 g/mol. The van der Waals surface area contributed by atoms with Crippen molar-refractivity contribution in [2.24, 2.45) is 0 Å². The highest BCUT2D eigenvalue weighted by Gasteiger charge is 2.05. The normalized spacial score (nSPS) is 12.8. The standard InChI is InChI=1S/C12H18O2/c1-3-4-10-5-7-11(8-6-10)12(13)9-14-2/h5-8,12-13H,3-4,9H2,1-2H3. The summed E-state index contributed by atoms with van der Waals surface area (Å²) < 4.78 is 4.89. The van der Waals surface area contributed by atoms with Gasteiger partial charge in [-0.3, -0.25) is 0 Å². The largest absolute Gasteiger partial charge is 0.386 e. The molecule has 0 aliphatic rings. The van der Waals surface area contributed by atoms with Gasteiger partial charge in [-0.05, 0) is 17.5 Å². The molecular weight excluding hydrogens is 176 g/mol. The van der Waals surface area contributed by atoms with Gasteiger partial charge in [0.25, 0.3) is 0 Å². The molecule has 0 fully saturated rings. The van der Waals surface area contributed by atoms with E-state index in [-0.39, 0.29) is 0 Å². The molecule has 0 amide bonds. The topological polar surface area (TPSA) is 29.5 Å². The van der Waals surface area contributed by atoms with E-state index in [9.17, 15) is 5.11 Å². The van der Waals surface area contributed by atoms with Crippen LogP contribution in [0.25, 0.3) is 0 Å². The first-order valence-electron chi connectivity index (χ1n) is 5.03. The fourth-order valence-electron chi connectivity index (χ4n) is 1.45. The molecule has 1 N–H and O–H groups in total. The number of rotatable bonds is 5. The second-order valence-electron chi connectivity index (χ2n) is 3.46. The molecule has 0 heterocycles. The maximum Gasteiger partial charge on any atom is 0.102 e. The molecule has 0 spiro atoms. The Morgan fingerprint density at radius 1 is 1.29 bits per heavy atom. The molecule has 1 rings (SSSR count). The summed E-state index contributed by atoms with van der Waals surface area (Å²) >= 11 is 0. The van der Waals surface area contributed by atoms with Crippen molar-refractivity contribution in [3.8, 4) is 0 Å². The average Bonchev–Trinajstić information content (AvgIpc) is 2.20. The van der Waals surface area contributed by atoms with E-state index in [1.54, 1.807) is 7.11 Å². The molecule has 0 aliphatic heterocycles. The molecule has 0 radical (unpaired) electrons. The van der Waals surface area contributed by atoms with Gasteiger partial charge < -0.3 is 9.84 Å². The Kier molecular flexibility index (Phi) is 4.63. The van der Waals surface area contributed by atoms with Gasteiger partial charge in [0.1, 0.15) is 6.10 Å². The first-order chi connectivity index (χ1) is 6.77. The van der Waals surface area contributed by atoms with Crippen LogP contribution in [0, 0.1) is 0 Å². The summed E-state index contributed by atoms with van der Waals surface area (Å²) in [4.78, 5) is 0. The number of hydrogen-bond acceptors (Lipinski definition) is 2. The number of aliphatic hydroxyl groups is 1. The molecule has 1 aromatic rings. The molecule has 0 saturated carbocycles. The maximum absolute atomic E-state index is 9.62. The lowest BCUT2D eigenvalue weighted by Crippen LogP contribution is -2.04. The van der Waals surface area contributed by atoms with E-state index in [0.29, 0.717) is 6.61 Å². The van der Waals surface area contributed by atoms with Crippen LogP contribution < -0.4 is 0 Å². The monoisotopic (exact) mass is 194 g/mol. The van der Waals surface area contributed by atoms with Crippen LogP contribution in [0.2, 0.25) is 0 Å². The Balaban J connectivity index is 2.62. The van der Waals surface area contributed by atoms with Crippen LogP contribution in [-0.2, 0) is 11.2 Å². The van der Waals surface area contributed by atoms with Crippen molar-refractivity contribution < 1.29 is 9.84 Å². The molecule has 1 atom stereocenters. The summed E-state index contributed by atoms with van der Waals surface area (Å²) in [5.41, 5.74) is 2.24. The molecule has 78 valence electrons. The van der Waals surface area contributed by atoms with Gasteiger partial charge in [0.2, 0.25) is 0 Å². The van der Waals surface area contributed by atoms with Crippen molar-refractivity contribution in [2.75, 3.05) is 13.7 Å². The fourth-order valence-corrected chi connectivity index (χ4v) is 1.45. The van der Waals surface area contributed by atoms with E-state index >= 15 is 0 Å². The van der Waals surface area contributed by atoms with Gasteiger partial charge in [0.05, 0.1) is 6.61 Å². The highest BCUT2D eigenvalue weighted by Crippen LogP contribution is 2.14. The Labute approximate surface area is 85.5 Å². The second kappa shape index (κ2) is 5.78. The summed E-state index contributed by atoms with van der Waals surface area (Å²) in [6.45, 7) is 2.51. The third kappa shape index (κ3) is 3.13. The predicted molar refractivity (Wildman–Crippen MR) is 57.3 cm³/mol. The fraction of sp³-hybridized carbons (Fsp3) is 0.500. The van der Waals surface area contributed by atoms with Crippen molar-refractivity contribution in [1.29, 1.82) is 0 Å². The highest BCUT2D eigenvalue weighted by atomic mass is 16.5. The van der Waals surface area contributed by atoms with Gasteiger partial charge in [-0.2, -0.15) is 0 Å². The number of ether oxygens (including phenoxy) is 1. The summed E-state index contributed by atoms with van der Waals surface area (Å²) in [6.07, 6.45) is 1.75. The molecule has 2 nitrogen and oxygen atoms in total. The van der Waals surface area contributed by atoms with E-state index in [0.717, 1.165) is 18.4 Å². The SMILES string of the molecule is CCCc1ccc(C(O)COC)cc1. The minimum absolute atomic E-state index is 0.354. The zero-order valence-electron chi connectivity index (χ0n) is 8.86. The van der Waals surface area contributed by atoms with Crippen molar-refractivity contribution in [3.63, 3.8) is 0 Å². The second-order valence-corrected chi connectivity index (χ2v) is 3.46. The van der Waals surface area contributed by atoms with E-state index in [1.807, 2.05) is 12.1 Å². The third-order valence-electron chi connectivity index (χ3n) is 2.23. The molecule has 14 heavy (non-hydrogen) atoms. The number of methoxy groups -OCH3 is 1. The molecule has 0 saturated heterocycles. The van der Waals surface area contributed by atoms with Crippen LogP contribution in [0.15, 0.2) is 24.3 Å². The highest BCUT2D eigenvalue weighted by molar-refractivity contribution is 5.24. The van der Waals surface area contributed by atoms with Crippen LogP contribution in [0.3, 0.4) is 0 Å². The van der Waals surface area contributed by atoms with Crippen LogP contribution in [0.5, 0.6) is 0 Å². The van der Waals surface area contributed by atoms with Gasteiger partial charge >= 0.3 is 0 Å². The van der Waals surface area contributed by atoms with Gasteiger partial charge in [0, 0.05) is 7.11 Å². The number of aryl methyl sites for hydroxylation is 1. The van der Waals surface area contributed by atoms with E-state index < -0.39 is 6.10 Å². The van der Waals surface area contributed by atoms with E-state index in [1.165, 1.54) is 5.56 Å². The lowest BCUT2D eigenvalue weighted by Gasteiger charge is -2.10. The predicted octanol–water partition coefficient (Wildman–Crippen LogP) is 2.32. The summed E-state index contributed by atoms with van der Waals surface area (Å²) in [5, 5.41) is 9.62. The van der Waals surface area contributed by atoms with E-state index in [4.69, 9.17) is 4.74 Å². The molecule has 2 heteroatoms. The first kappa shape index (κ1) is 11.2. The Bertz CT molecular complexity index is 254. The molecule has 1 aromatic carbocycles. The smallest absolute Gasteiger partial charge is 0.102 e. The lowest BCUT2D eigenvalue weighted by molar-refractivity contribution is 0.0644. The maximum atomic E-state index is 9.62. The Morgan fingerprint density at radius 3 is 2.43 bits per heavy atom.